The van der Waals surface area contributed by atoms with Gasteiger partial charge in [0.05, 0.1) is 19.3 Å². The van der Waals surface area contributed by atoms with Crippen molar-refractivity contribution in [3.8, 4) is 23.1 Å². The Hall–Kier alpha value is -1.95. The summed E-state index contributed by atoms with van der Waals surface area (Å²) in [4.78, 5) is 11.7. The Bertz CT molecular complexity index is 595. The molecule has 0 unspecified atom stereocenters. The molecule has 1 aromatic carbocycles. The average Bonchev–Trinajstić information content (AvgIpc) is 2.38. The SMILES string of the molecule is CCOc1nc(Cl)nc(-c2cccc(OC)c2F)n1. The molecule has 0 atom stereocenters. The molecule has 0 saturated heterocycles. The Morgan fingerprint density at radius 1 is 1.26 bits per heavy atom. The summed E-state index contributed by atoms with van der Waals surface area (Å²) in [5, 5.41) is -0.0596. The highest BCUT2D eigenvalue weighted by molar-refractivity contribution is 6.28. The van der Waals surface area contributed by atoms with Gasteiger partial charge in [-0.25, -0.2) is 4.39 Å². The van der Waals surface area contributed by atoms with Gasteiger partial charge in [-0.15, -0.1) is 0 Å². The first-order chi connectivity index (χ1) is 9.15. The van der Waals surface area contributed by atoms with Crippen molar-refractivity contribution in [2.24, 2.45) is 0 Å². The smallest absolute Gasteiger partial charge is 0.321 e. The molecule has 0 bridgehead atoms. The van der Waals surface area contributed by atoms with Crippen LogP contribution in [0.25, 0.3) is 11.4 Å². The Morgan fingerprint density at radius 2 is 2.05 bits per heavy atom. The number of ether oxygens (including phenoxy) is 2. The topological polar surface area (TPSA) is 57.1 Å². The molecule has 1 heterocycles. The van der Waals surface area contributed by atoms with E-state index in [4.69, 9.17) is 21.1 Å². The van der Waals surface area contributed by atoms with Gasteiger partial charge in [0, 0.05) is 0 Å². The first kappa shape index (κ1) is 13.5. The summed E-state index contributed by atoms with van der Waals surface area (Å²) >= 11 is 5.77. The average molecular weight is 284 g/mol. The molecule has 0 fully saturated rings. The van der Waals surface area contributed by atoms with Crippen LogP contribution in [0.5, 0.6) is 11.8 Å². The van der Waals surface area contributed by atoms with Crippen molar-refractivity contribution in [3.05, 3.63) is 29.3 Å². The monoisotopic (exact) mass is 283 g/mol. The maximum Gasteiger partial charge on any atom is 0.321 e. The summed E-state index contributed by atoms with van der Waals surface area (Å²) < 4.78 is 24.1. The summed E-state index contributed by atoms with van der Waals surface area (Å²) in [5.41, 5.74) is 0.171. The van der Waals surface area contributed by atoms with E-state index in [1.54, 1.807) is 13.0 Å². The molecular formula is C12H11ClFN3O2. The molecule has 0 aliphatic carbocycles. The second-order valence-corrected chi connectivity index (χ2v) is 3.80. The number of halogens is 2. The van der Waals surface area contributed by atoms with E-state index in [1.807, 2.05) is 0 Å². The molecule has 0 spiro atoms. The van der Waals surface area contributed by atoms with E-state index in [9.17, 15) is 4.39 Å². The number of methoxy groups -OCH3 is 1. The highest BCUT2D eigenvalue weighted by atomic mass is 35.5. The van der Waals surface area contributed by atoms with Gasteiger partial charge < -0.3 is 9.47 Å². The molecule has 100 valence electrons. The number of nitrogens with zero attached hydrogens (tertiary/aromatic N) is 3. The van der Waals surface area contributed by atoms with Crippen LogP contribution in [0.1, 0.15) is 6.92 Å². The number of hydrogen-bond acceptors (Lipinski definition) is 5. The van der Waals surface area contributed by atoms with Crippen LogP contribution in [0.2, 0.25) is 5.28 Å². The summed E-state index contributed by atoms with van der Waals surface area (Å²) in [6, 6.07) is 4.72. The molecule has 5 nitrogen and oxygen atoms in total. The van der Waals surface area contributed by atoms with Crippen molar-refractivity contribution in [2.45, 2.75) is 6.92 Å². The van der Waals surface area contributed by atoms with Gasteiger partial charge in [-0.05, 0) is 30.7 Å². The molecule has 2 aromatic rings. The molecule has 0 aliphatic heterocycles. The van der Waals surface area contributed by atoms with Crippen LogP contribution in [0.15, 0.2) is 18.2 Å². The first-order valence-electron chi connectivity index (χ1n) is 5.53. The van der Waals surface area contributed by atoms with Crippen LogP contribution in [0, 0.1) is 5.82 Å². The number of hydrogen-bond donors (Lipinski definition) is 0. The predicted molar refractivity (Wildman–Crippen MR) is 68.0 cm³/mol. The van der Waals surface area contributed by atoms with Gasteiger partial charge in [0.2, 0.25) is 5.28 Å². The molecule has 0 saturated carbocycles. The lowest BCUT2D eigenvalue weighted by Gasteiger charge is -2.07. The van der Waals surface area contributed by atoms with Gasteiger partial charge >= 0.3 is 6.01 Å². The van der Waals surface area contributed by atoms with Crippen molar-refractivity contribution in [3.63, 3.8) is 0 Å². The first-order valence-corrected chi connectivity index (χ1v) is 5.90. The quantitative estimate of drug-likeness (QED) is 0.863. The Labute approximate surface area is 114 Å². The largest absolute Gasteiger partial charge is 0.494 e. The molecule has 0 N–H and O–H groups in total. The molecule has 0 aliphatic rings. The zero-order chi connectivity index (χ0) is 13.8. The maximum absolute atomic E-state index is 14.1. The van der Waals surface area contributed by atoms with Gasteiger partial charge in [-0.3, -0.25) is 0 Å². The second-order valence-electron chi connectivity index (χ2n) is 3.47. The van der Waals surface area contributed by atoms with Crippen molar-refractivity contribution in [1.82, 2.24) is 15.0 Å². The van der Waals surface area contributed by atoms with Crippen molar-refractivity contribution >= 4 is 11.6 Å². The van der Waals surface area contributed by atoms with Gasteiger partial charge in [0.1, 0.15) is 0 Å². The molecule has 2 rings (SSSR count). The third-order valence-electron chi connectivity index (χ3n) is 2.29. The molecule has 0 radical (unpaired) electrons. The lowest BCUT2D eigenvalue weighted by molar-refractivity contribution is 0.311. The summed E-state index contributed by atoms with van der Waals surface area (Å²) in [6.45, 7) is 2.16. The van der Waals surface area contributed by atoms with E-state index in [0.717, 1.165) is 0 Å². The van der Waals surface area contributed by atoms with E-state index in [-0.39, 0.29) is 28.4 Å². The number of aromatic nitrogens is 3. The van der Waals surface area contributed by atoms with E-state index in [0.29, 0.717) is 6.61 Å². The van der Waals surface area contributed by atoms with E-state index < -0.39 is 5.82 Å². The minimum Gasteiger partial charge on any atom is -0.494 e. The molecule has 1 aromatic heterocycles. The second kappa shape index (κ2) is 5.79. The van der Waals surface area contributed by atoms with Gasteiger partial charge in [0.15, 0.2) is 17.4 Å². The standard InChI is InChI=1S/C12H11ClFN3O2/c1-3-19-12-16-10(15-11(13)17-12)7-5-4-6-8(18-2)9(7)14/h4-6H,3H2,1-2H3. The van der Waals surface area contributed by atoms with E-state index in [2.05, 4.69) is 15.0 Å². The molecular weight excluding hydrogens is 273 g/mol. The minimum absolute atomic E-state index is 0.0553. The third-order valence-corrected chi connectivity index (χ3v) is 2.45. The van der Waals surface area contributed by atoms with Crippen molar-refractivity contribution in [1.29, 1.82) is 0 Å². The fraction of sp³-hybridized carbons (Fsp3) is 0.250. The number of benzene rings is 1. The fourth-order valence-electron chi connectivity index (χ4n) is 1.49. The zero-order valence-electron chi connectivity index (χ0n) is 10.4. The third kappa shape index (κ3) is 2.90. The van der Waals surface area contributed by atoms with Crippen LogP contribution in [0.4, 0.5) is 4.39 Å². The zero-order valence-corrected chi connectivity index (χ0v) is 11.1. The van der Waals surface area contributed by atoms with Crippen LogP contribution in [0.3, 0.4) is 0 Å². The Kier molecular flexibility index (Phi) is 4.11. The predicted octanol–water partition coefficient (Wildman–Crippen LogP) is 2.74. The van der Waals surface area contributed by atoms with Crippen LogP contribution in [-0.4, -0.2) is 28.7 Å². The van der Waals surface area contributed by atoms with Crippen molar-refractivity contribution in [2.75, 3.05) is 13.7 Å². The fourth-order valence-corrected chi connectivity index (χ4v) is 1.64. The van der Waals surface area contributed by atoms with Crippen molar-refractivity contribution < 1.29 is 13.9 Å². The maximum atomic E-state index is 14.1. The van der Waals surface area contributed by atoms with E-state index >= 15 is 0 Å². The van der Waals surface area contributed by atoms with Crippen LogP contribution >= 0.6 is 11.6 Å². The highest BCUT2D eigenvalue weighted by Crippen LogP contribution is 2.27. The Balaban J connectivity index is 2.52. The number of rotatable bonds is 4. The van der Waals surface area contributed by atoms with Crippen LogP contribution < -0.4 is 9.47 Å². The summed E-state index contributed by atoms with van der Waals surface area (Å²) in [5.74, 6) is -0.360. The van der Waals surface area contributed by atoms with Crippen LogP contribution in [-0.2, 0) is 0 Å². The normalized spacial score (nSPS) is 10.3. The molecule has 0 amide bonds. The van der Waals surface area contributed by atoms with Gasteiger partial charge in [-0.1, -0.05) is 6.07 Å². The lowest BCUT2D eigenvalue weighted by Crippen LogP contribution is -2.02. The highest BCUT2D eigenvalue weighted by Gasteiger charge is 2.15. The van der Waals surface area contributed by atoms with E-state index in [1.165, 1.54) is 19.2 Å². The van der Waals surface area contributed by atoms with Gasteiger partial charge in [0.25, 0.3) is 0 Å². The minimum atomic E-state index is -0.560. The van der Waals surface area contributed by atoms with Gasteiger partial charge in [-0.2, -0.15) is 15.0 Å². The Morgan fingerprint density at radius 3 is 2.74 bits per heavy atom. The summed E-state index contributed by atoms with van der Waals surface area (Å²) in [6.07, 6.45) is 0. The molecule has 7 heteroatoms. The molecule has 19 heavy (non-hydrogen) atoms. The summed E-state index contributed by atoms with van der Waals surface area (Å²) in [7, 11) is 1.38. The lowest BCUT2D eigenvalue weighted by atomic mass is 10.2.